The van der Waals surface area contributed by atoms with Crippen molar-refractivity contribution >= 4 is 0 Å². The van der Waals surface area contributed by atoms with Gasteiger partial charge >= 0.3 is 0 Å². The average molecular weight is 194 g/mol. The molecule has 3 aliphatic rings. The minimum atomic E-state index is 0.501. The summed E-state index contributed by atoms with van der Waals surface area (Å²) >= 11 is 0. The van der Waals surface area contributed by atoms with Gasteiger partial charge in [-0.3, -0.25) is 4.90 Å². The molecule has 2 bridgehead atoms. The third-order valence-electron chi connectivity index (χ3n) is 4.33. The predicted molar refractivity (Wildman–Crippen MR) is 58.1 cm³/mol. The van der Waals surface area contributed by atoms with E-state index in [-0.39, 0.29) is 0 Å². The minimum Gasteiger partial charge on any atom is -0.328 e. The topological polar surface area (TPSA) is 29.3 Å². The third kappa shape index (κ3) is 1.70. The van der Waals surface area contributed by atoms with Crippen molar-refractivity contribution in [3.05, 3.63) is 0 Å². The molecule has 80 valence electrons. The van der Waals surface area contributed by atoms with Gasteiger partial charge in [-0.25, -0.2) is 0 Å². The second-order valence-corrected chi connectivity index (χ2v) is 5.61. The van der Waals surface area contributed by atoms with Crippen molar-refractivity contribution in [2.24, 2.45) is 11.7 Å². The zero-order valence-corrected chi connectivity index (χ0v) is 8.99. The summed E-state index contributed by atoms with van der Waals surface area (Å²) < 4.78 is 0. The zero-order valence-electron chi connectivity index (χ0n) is 8.99. The van der Waals surface area contributed by atoms with Gasteiger partial charge in [0.15, 0.2) is 0 Å². The number of fused-ring (bicyclic) bond motifs is 2. The predicted octanol–water partition coefficient (Wildman–Crippen LogP) is 1.74. The van der Waals surface area contributed by atoms with Crippen molar-refractivity contribution in [1.29, 1.82) is 0 Å². The number of nitrogens with two attached hydrogens (primary N) is 1. The van der Waals surface area contributed by atoms with Crippen LogP contribution in [0.4, 0.5) is 0 Å². The molecule has 2 heterocycles. The first-order valence-corrected chi connectivity index (χ1v) is 6.34. The summed E-state index contributed by atoms with van der Waals surface area (Å²) in [5.41, 5.74) is 6.11. The van der Waals surface area contributed by atoms with E-state index >= 15 is 0 Å². The quantitative estimate of drug-likeness (QED) is 0.725. The molecule has 0 spiro atoms. The molecule has 2 saturated heterocycles. The third-order valence-corrected chi connectivity index (χ3v) is 4.33. The Kier molecular flexibility index (Phi) is 2.29. The fourth-order valence-electron chi connectivity index (χ4n) is 3.42. The number of rotatable bonds is 2. The second-order valence-electron chi connectivity index (χ2n) is 5.61. The molecular weight excluding hydrogens is 172 g/mol. The van der Waals surface area contributed by atoms with Crippen molar-refractivity contribution in [3.8, 4) is 0 Å². The van der Waals surface area contributed by atoms with E-state index in [4.69, 9.17) is 5.73 Å². The molecule has 3 rings (SSSR count). The molecule has 1 aliphatic carbocycles. The molecule has 0 unspecified atom stereocenters. The van der Waals surface area contributed by atoms with Gasteiger partial charge in [-0.15, -0.1) is 0 Å². The van der Waals surface area contributed by atoms with E-state index in [2.05, 4.69) is 4.90 Å². The molecule has 2 heteroatoms. The fourth-order valence-corrected chi connectivity index (χ4v) is 3.42. The summed E-state index contributed by atoms with van der Waals surface area (Å²) in [5.74, 6) is 1.05. The van der Waals surface area contributed by atoms with Gasteiger partial charge in [-0.05, 0) is 44.4 Å². The SMILES string of the molecule is NC1C[C@H]2CCC[C@H](C1)N2CC1CC1. The smallest absolute Gasteiger partial charge is 0.0113 e. The molecule has 2 N–H and O–H groups in total. The highest BCUT2D eigenvalue weighted by molar-refractivity contribution is 4.95. The summed E-state index contributed by atoms with van der Waals surface area (Å²) in [6.45, 7) is 1.39. The normalized spacial score (nSPS) is 43.9. The lowest BCUT2D eigenvalue weighted by atomic mass is 9.82. The number of piperidine rings is 2. The Balaban J connectivity index is 1.68. The molecule has 0 radical (unpaired) electrons. The van der Waals surface area contributed by atoms with Crippen LogP contribution in [0.25, 0.3) is 0 Å². The lowest BCUT2D eigenvalue weighted by molar-refractivity contribution is 0.0277. The lowest BCUT2D eigenvalue weighted by Crippen LogP contribution is -2.55. The molecule has 0 amide bonds. The lowest BCUT2D eigenvalue weighted by Gasteiger charge is -2.48. The highest BCUT2D eigenvalue weighted by Gasteiger charge is 2.39. The van der Waals surface area contributed by atoms with Gasteiger partial charge < -0.3 is 5.73 Å². The maximum Gasteiger partial charge on any atom is 0.0113 e. The molecule has 2 aliphatic heterocycles. The number of hydrogen-bond donors (Lipinski definition) is 1. The monoisotopic (exact) mass is 194 g/mol. The summed E-state index contributed by atoms with van der Waals surface area (Å²) in [4.78, 5) is 2.81. The zero-order chi connectivity index (χ0) is 9.54. The standard InChI is InChI=1S/C12H22N2/c13-10-6-11-2-1-3-12(7-10)14(11)8-9-4-5-9/h9-12H,1-8,13H2/t11-,12-/m1/s1. The Labute approximate surface area is 86.8 Å². The van der Waals surface area contributed by atoms with Gasteiger partial charge in [-0.2, -0.15) is 0 Å². The van der Waals surface area contributed by atoms with E-state index in [9.17, 15) is 0 Å². The van der Waals surface area contributed by atoms with Crippen molar-refractivity contribution in [2.45, 2.75) is 63.1 Å². The van der Waals surface area contributed by atoms with Gasteiger partial charge in [0.2, 0.25) is 0 Å². The van der Waals surface area contributed by atoms with Gasteiger partial charge in [0, 0.05) is 24.7 Å². The number of nitrogens with zero attached hydrogens (tertiary/aromatic N) is 1. The molecule has 0 aromatic rings. The van der Waals surface area contributed by atoms with E-state index in [1.54, 1.807) is 0 Å². The van der Waals surface area contributed by atoms with E-state index < -0.39 is 0 Å². The van der Waals surface area contributed by atoms with Crippen molar-refractivity contribution in [2.75, 3.05) is 6.54 Å². The van der Waals surface area contributed by atoms with Crippen LogP contribution < -0.4 is 5.73 Å². The van der Waals surface area contributed by atoms with Gasteiger partial charge in [0.1, 0.15) is 0 Å². The van der Waals surface area contributed by atoms with E-state index in [0.29, 0.717) is 6.04 Å². The van der Waals surface area contributed by atoms with Crippen LogP contribution in [0.3, 0.4) is 0 Å². The van der Waals surface area contributed by atoms with Crippen LogP contribution in [0.5, 0.6) is 0 Å². The van der Waals surface area contributed by atoms with E-state index in [0.717, 1.165) is 18.0 Å². The van der Waals surface area contributed by atoms with Crippen LogP contribution in [0.2, 0.25) is 0 Å². The maximum absolute atomic E-state index is 6.11. The van der Waals surface area contributed by atoms with Crippen LogP contribution in [-0.4, -0.2) is 29.6 Å². The molecule has 14 heavy (non-hydrogen) atoms. The van der Waals surface area contributed by atoms with Gasteiger partial charge in [0.05, 0.1) is 0 Å². The fraction of sp³-hybridized carbons (Fsp3) is 1.00. The van der Waals surface area contributed by atoms with E-state index in [1.165, 1.54) is 51.5 Å². The summed E-state index contributed by atoms with van der Waals surface area (Å²) in [7, 11) is 0. The van der Waals surface area contributed by atoms with E-state index in [1.807, 2.05) is 0 Å². The first-order valence-electron chi connectivity index (χ1n) is 6.34. The summed E-state index contributed by atoms with van der Waals surface area (Å²) in [5, 5.41) is 0. The minimum absolute atomic E-state index is 0.501. The first-order chi connectivity index (χ1) is 6.83. The summed E-state index contributed by atoms with van der Waals surface area (Å²) in [6, 6.07) is 2.19. The van der Waals surface area contributed by atoms with Crippen LogP contribution >= 0.6 is 0 Å². The molecular formula is C12H22N2. The van der Waals surface area contributed by atoms with Gasteiger partial charge in [-0.1, -0.05) is 6.42 Å². The number of hydrogen-bond acceptors (Lipinski definition) is 2. The van der Waals surface area contributed by atoms with Crippen LogP contribution in [0.1, 0.15) is 44.9 Å². The molecule has 0 aromatic carbocycles. The highest BCUT2D eigenvalue weighted by Crippen LogP contribution is 2.38. The largest absolute Gasteiger partial charge is 0.328 e. The molecule has 1 saturated carbocycles. The Bertz CT molecular complexity index is 198. The Morgan fingerprint density at radius 1 is 1.00 bits per heavy atom. The van der Waals surface area contributed by atoms with Crippen molar-refractivity contribution in [3.63, 3.8) is 0 Å². The molecule has 2 nitrogen and oxygen atoms in total. The average Bonchev–Trinajstić information content (AvgIpc) is 2.90. The van der Waals surface area contributed by atoms with Crippen molar-refractivity contribution in [1.82, 2.24) is 4.90 Å². The Morgan fingerprint density at radius 2 is 1.64 bits per heavy atom. The summed E-state index contributed by atoms with van der Waals surface area (Å²) in [6.07, 6.45) is 9.79. The van der Waals surface area contributed by atoms with Crippen LogP contribution in [-0.2, 0) is 0 Å². The first kappa shape index (κ1) is 9.17. The van der Waals surface area contributed by atoms with Crippen molar-refractivity contribution < 1.29 is 0 Å². The van der Waals surface area contributed by atoms with Gasteiger partial charge in [0.25, 0.3) is 0 Å². The molecule has 3 fully saturated rings. The molecule has 2 atom stereocenters. The van der Waals surface area contributed by atoms with Crippen LogP contribution in [0, 0.1) is 5.92 Å². The highest BCUT2D eigenvalue weighted by atomic mass is 15.2. The Hall–Kier alpha value is -0.0800. The second kappa shape index (κ2) is 3.49. The Morgan fingerprint density at radius 3 is 2.21 bits per heavy atom. The van der Waals surface area contributed by atoms with Crippen LogP contribution in [0.15, 0.2) is 0 Å². The molecule has 0 aromatic heterocycles. The maximum atomic E-state index is 6.11.